The van der Waals surface area contributed by atoms with Gasteiger partial charge in [0.25, 0.3) is 5.91 Å². The van der Waals surface area contributed by atoms with E-state index in [2.05, 4.69) is 4.98 Å². The zero-order valence-electron chi connectivity index (χ0n) is 11.0. The Labute approximate surface area is 120 Å². The molecule has 3 aromatic rings. The normalized spacial score (nSPS) is 10.5. The van der Waals surface area contributed by atoms with E-state index in [0.717, 1.165) is 5.39 Å². The Bertz CT molecular complexity index is 813. The molecule has 0 bridgehead atoms. The summed E-state index contributed by atoms with van der Waals surface area (Å²) in [5.74, 6) is 0.121. The van der Waals surface area contributed by atoms with E-state index in [1.54, 1.807) is 18.2 Å². The zero-order valence-corrected chi connectivity index (χ0v) is 11.0. The Balaban J connectivity index is 2.09. The first kappa shape index (κ1) is 12.9. The van der Waals surface area contributed by atoms with E-state index >= 15 is 0 Å². The van der Waals surface area contributed by atoms with E-state index in [4.69, 9.17) is 10.5 Å². The average molecular weight is 280 g/mol. The number of carbonyl (C=O) groups is 1. The Morgan fingerprint density at radius 3 is 2.52 bits per heavy atom. The monoisotopic (exact) mass is 280 g/mol. The number of primary amides is 1. The summed E-state index contributed by atoms with van der Waals surface area (Å²) in [5.41, 5.74) is 6.30. The summed E-state index contributed by atoms with van der Waals surface area (Å²) in [7, 11) is 0. The number of pyridine rings is 1. The summed E-state index contributed by atoms with van der Waals surface area (Å²) in [4.78, 5) is 15.9. The number of phenols is 1. The van der Waals surface area contributed by atoms with Crippen LogP contribution in [0.4, 0.5) is 0 Å². The molecule has 0 aliphatic carbocycles. The number of amides is 1. The van der Waals surface area contributed by atoms with Gasteiger partial charge in [-0.2, -0.15) is 0 Å². The van der Waals surface area contributed by atoms with Crippen molar-refractivity contribution < 1.29 is 14.6 Å². The van der Waals surface area contributed by atoms with Crippen molar-refractivity contribution in [3.05, 3.63) is 60.2 Å². The summed E-state index contributed by atoms with van der Waals surface area (Å²) in [6.45, 7) is 0. The second-order valence-corrected chi connectivity index (χ2v) is 4.49. The highest BCUT2D eigenvalue weighted by molar-refractivity contribution is 5.98. The first-order valence-electron chi connectivity index (χ1n) is 6.30. The van der Waals surface area contributed by atoms with E-state index < -0.39 is 5.91 Å². The number of nitrogens with two attached hydrogens (primary N) is 1. The lowest BCUT2D eigenvalue weighted by Crippen LogP contribution is -2.13. The molecule has 1 heterocycles. The van der Waals surface area contributed by atoms with E-state index in [0.29, 0.717) is 11.3 Å². The van der Waals surface area contributed by atoms with Crippen LogP contribution in [0, 0.1) is 0 Å². The van der Waals surface area contributed by atoms with Gasteiger partial charge in [-0.25, -0.2) is 4.98 Å². The van der Waals surface area contributed by atoms with Crippen LogP contribution in [-0.2, 0) is 0 Å². The number of hydrogen-bond donors (Lipinski definition) is 2. The molecular formula is C16H12N2O3. The first-order chi connectivity index (χ1) is 10.1. The Kier molecular flexibility index (Phi) is 3.16. The van der Waals surface area contributed by atoms with Crippen LogP contribution in [0.3, 0.4) is 0 Å². The molecule has 0 radical (unpaired) electrons. The van der Waals surface area contributed by atoms with Crippen molar-refractivity contribution in [3.8, 4) is 17.4 Å². The van der Waals surface area contributed by atoms with Crippen LogP contribution in [0.1, 0.15) is 10.4 Å². The number of aromatic hydroxyl groups is 1. The molecule has 2 aromatic carbocycles. The maximum Gasteiger partial charge on any atom is 0.254 e. The second kappa shape index (κ2) is 5.13. The van der Waals surface area contributed by atoms with Crippen molar-refractivity contribution in [2.75, 3.05) is 0 Å². The minimum Gasteiger partial charge on any atom is -0.508 e. The molecule has 0 saturated carbocycles. The van der Waals surface area contributed by atoms with Crippen LogP contribution >= 0.6 is 0 Å². The molecule has 0 fully saturated rings. The molecule has 3 N–H and O–H groups in total. The molecule has 3 rings (SSSR count). The fraction of sp³-hybridized carbons (Fsp3) is 0. The van der Waals surface area contributed by atoms with E-state index in [9.17, 15) is 9.90 Å². The number of carbonyl (C=O) groups excluding carboxylic acids is 1. The minimum absolute atomic E-state index is 0.129. The van der Waals surface area contributed by atoms with Crippen molar-refractivity contribution in [3.63, 3.8) is 0 Å². The highest BCUT2D eigenvalue weighted by Gasteiger charge is 2.14. The van der Waals surface area contributed by atoms with Gasteiger partial charge in [-0.05, 0) is 36.4 Å². The zero-order chi connectivity index (χ0) is 14.8. The fourth-order valence-corrected chi connectivity index (χ4v) is 1.98. The van der Waals surface area contributed by atoms with Crippen LogP contribution in [0.25, 0.3) is 10.9 Å². The summed E-state index contributed by atoms with van der Waals surface area (Å²) in [6, 6.07) is 15.2. The average Bonchev–Trinajstić information content (AvgIpc) is 2.48. The van der Waals surface area contributed by atoms with Crippen molar-refractivity contribution in [1.82, 2.24) is 4.98 Å². The molecule has 0 aliphatic rings. The van der Waals surface area contributed by atoms with Crippen molar-refractivity contribution in [2.45, 2.75) is 0 Å². The van der Waals surface area contributed by atoms with Crippen LogP contribution in [0.5, 0.6) is 17.4 Å². The van der Waals surface area contributed by atoms with Gasteiger partial charge in [-0.15, -0.1) is 0 Å². The van der Waals surface area contributed by atoms with E-state index in [-0.39, 0.29) is 17.2 Å². The molecule has 0 aliphatic heterocycles. The molecule has 104 valence electrons. The van der Waals surface area contributed by atoms with E-state index in [1.807, 2.05) is 24.3 Å². The number of nitrogens with zero attached hydrogens (tertiary/aromatic N) is 1. The molecule has 5 nitrogen and oxygen atoms in total. The lowest BCUT2D eigenvalue weighted by atomic mass is 10.1. The third kappa shape index (κ3) is 2.62. The maximum absolute atomic E-state index is 11.6. The van der Waals surface area contributed by atoms with E-state index in [1.165, 1.54) is 12.1 Å². The Morgan fingerprint density at radius 2 is 1.81 bits per heavy atom. The van der Waals surface area contributed by atoms with Crippen molar-refractivity contribution in [1.29, 1.82) is 0 Å². The summed E-state index contributed by atoms with van der Waals surface area (Å²) < 4.78 is 5.61. The smallest absolute Gasteiger partial charge is 0.254 e. The molecule has 5 heteroatoms. The predicted octanol–water partition coefficient (Wildman–Crippen LogP) is 2.83. The SMILES string of the molecule is NC(=O)c1cc2ccccc2nc1Oc1ccc(O)cc1. The predicted molar refractivity (Wildman–Crippen MR) is 78.4 cm³/mol. The van der Waals surface area contributed by atoms with Crippen LogP contribution in [0.15, 0.2) is 54.6 Å². The molecular weight excluding hydrogens is 268 g/mol. The Morgan fingerprint density at radius 1 is 1.10 bits per heavy atom. The van der Waals surface area contributed by atoms with Crippen LogP contribution < -0.4 is 10.5 Å². The number of fused-ring (bicyclic) bond motifs is 1. The molecule has 21 heavy (non-hydrogen) atoms. The first-order valence-corrected chi connectivity index (χ1v) is 6.30. The van der Waals surface area contributed by atoms with Gasteiger partial charge in [-0.1, -0.05) is 18.2 Å². The number of rotatable bonds is 3. The van der Waals surface area contributed by atoms with Gasteiger partial charge >= 0.3 is 0 Å². The van der Waals surface area contributed by atoms with Gasteiger partial charge in [0.15, 0.2) is 0 Å². The van der Waals surface area contributed by atoms with Gasteiger partial charge in [0.1, 0.15) is 17.1 Å². The molecule has 1 amide bonds. The standard InChI is InChI=1S/C16H12N2O3/c17-15(20)13-9-10-3-1-2-4-14(10)18-16(13)21-12-7-5-11(19)6-8-12/h1-9,19H,(H2,17,20). The summed E-state index contributed by atoms with van der Waals surface area (Å²) in [5, 5.41) is 10.1. The molecule has 0 atom stereocenters. The highest BCUT2D eigenvalue weighted by Crippen LogP contribution is 2.27. The highest BCUT2D eigenvalue weighted by atomic mass is 16.5. The molecule has 1 aromatic heterocycles. The maximum atomic E-state index is 11.6. The molecule has 0 saturated heterocycles. The van der Waals surface area contributed by atoms with Gasteiger partial charge in [-0.3, -0.25) is 4.79 Å². The number of hydrogen-bond acceptors (Lipinski definition) is 4. The molecule has 0 spiro atoms. The number of ether oxygens (including phenoxy) is 1. The lowest BCUT2D eigenvalue weighted by Gasteiger charge is -2.09. The third-order valence-corrected chi connectivity index (χ3v) is 3.01. The largest absolute Gasteiger partial charge is 0.508 e. The van der Waals surface area contributed by atoms with Crippen molar-refractivity contribution >= 4 is 16.8 Å². The number of phenolic OH excluding ortho intramolecular Hbond substituents is 1. The summed E-state index contributed by atoms with van der Waals surface area (Å²) >= 11 is 0. The van der Waals surface area contributed by atoms with Gasteiger partial charge < -0.3 is 15.6 Å². The number of para-hydroxylation sites is 1. The topological polar surface area (TPSA) is 85.4 Å². The quantitative estimate of drug-likeness (QED) is 0.772. The lowest BCUT2D eigenvalue weighted by molar-refractivity contribution is 0.0997. The fourth-order valence-electron chi connectivity index (χ4n) is 1.98. The van der Waals surface area contributed by atoms with Gasteiger partial charge in [0.05, 0.1) is 5.52 Å². The third-order valence-electron chi connectivity index (χ3n) is 3.01. The molecule has 0 unspecified atom stereocenters. The second-order valence-electron chi connectivity index (χ2n) is 4.49. The summed E-state index contributed by atoms with van der Waals surface area (Å²) in [6.07, 6.45) is 0. The van der Waals surface area contributed by atoms with Gasteiger partial charge in [0, 0.05) is 5.39 Å². The van der Waals surface area contributed by atoms with Crippen LogP contribution in [-0.4, -0.2) is 16.0 Å². The van der Waals surface area contributed by atoms with Gasteiger partial charge in [0.2, 0.25) is 5.88 Å². The number of aromatic nitrogens is 1. The Hall–Kier alpha value is -3.08. The van der Waals surface area contributed by atoms with Crippen molar-refractivity contribution in [2.24, 2.45) is 5.73 Å². The number of benzene rings is 2. The minimum atomic E-state index is -0.609. The van der Waals surface area contributed by atoms with Crippen LogP contribution in [0.2, 0.25) is 0 Å².